The van der Waals surface area contributed by atoms with Gasteiger partial charge in [0, 0.05) is 26.2 Å². The first-order valence-corrected chi connectivity index (χ1v) is 10.1. The summed E-state index contributed by atoms with van der Waals surface area (Å²) in [5.74, 6) is 0. The van der Waals surface area contributed by atoms with Crippen molar-refractivity contribution in [2.45, 2.75) is 71.8 Å². The van der Waals surface area contributed by atoms with Crippen LogP contribution in [0.1, 0.15) is 53.9 Å². The van der Waals surface area contributed by atoms with Gasteiger partial charge >= 0.3 is 8.80 Å². The van der Waals surface area contributed by atoms with E-state index in [1.807, 2.05) is 20.8 Å². The highest BCUT2D eigenvalue weighted by Gasteiger charge is 2.50. The summed E-state index contributed by atoms with van der Waals surface area (Å²) in [5, 5.41) is 0. The average Bonchev–Trinajstić information content (AvgIpc) is 3.23. The Kier molecular flexibility index (Phi) is 9.00. The number of ether oxygens (including phenoxy) is 2. The Morgan fingerprint density at radius 3 is 1.95 bits per heavy atom. The van der Waals surface area contributed by atoms with Gasteiger partial charge in [0.2, 0.25) is 0 Å². The summed E-state index contributed by atoms with van der Waals surface area (Å²) >= 11 is 0. The molecule has 0 radical (unpaired) electrons. The summed E-state index contributed by atoms with van der Waals surface area (Å²) in [4.78, 5) is 0. The highest BCUT2D eigenvalue weighted by Crippen LogP contribution is 2.26. The molecule has 1 aliphatic heterocycles. The van der Waals surface area contributed by atoms with Crippen LogP contribution in [0, 0.1) is 0 Å². The van der Waals surface area contributed by atoms with Crippen LogP contribution in [0.2, 0.25) is 0 Å². The molecule has 0 aromatic rings. The fraction of sp³-hybridized carbons (Fsp3) is 1.00. The van der Waals surface area contributed by atoms with Crippen molar-refractivity contribution in [1.29, 1.82) is 0 Å². The summed E-state index contributed by atoms with van der Waals surface area (Å²) in [7, 11) is -2.80. The van der Waals surface area contributed by atoms with Crippen molar-refractivity contribution in [2.24, 2.45) is 0 Å². The second-order valence-corrected chi connectivity index (χ2v) is 8.03. The van der Waals surface area contributed by atoms with Gasteiger partial charge in [-0.1, -0.05) is 13.3 Å². The zero-order chi connectivity index (χ0) is 15.7. The molecular weight excluding hydrogens is 288 g/mol. The molecule has 1 rings (SSSR count). The summed E-state index contributed by atoms with van der Waals surface area (Å²) in [6.45, 7) is 12.8. The van der Waals surface area contributed by atoms with Crippen molar-refractivity contribution in [3.63, 3.8) is 0 Å². The van der Waals surface area contributed by atoms with Crippen LogP contribution in [0.5, 0.6) is 0 Å². The molecule has 1 heterocycles. The van der Waals surface area contributed by atoms with Crippen molar-refractivity contribution in [1.82, 2.24) is 0 Å². The van der Waals surface area contributed by atoms with E-state index in [1.165, 1.54) is 0 Å². The lowest BCUT2D eigenvalue weighted by Crippen LogP contribution is -2.58. The second-order valence-electron chi connectivity index (χ2n) is 5.32. The summed E-state index contributed by atoms with van der Waals surface area (Å²) in [5.41, 5.74) is -0.101. The van der Waals surface area contributed by atoms with E-state index in [0.717, 1.165) is 25.9 Å². The van der Waals surface area contributed by atoms with Gasteiger partial charge < -0.3 is 22.8 Å². The minimum Gasteiger partial charge on any atom is -0.373 e. The Hall–Kier alpha value is 0.0169. The first-order chi connectivity index (χ1) is 10.1. The molecule has 0 N–H and O–H groups in total. The van der Waals surface area contributed by atoms with Gasteiger partial charge in [-0.2, -0.15) is 0 Å². The zero-order valence-electron chi connectivity index (χ0n) is 14.2. The molecule has 0 amide bonds. The van der Waals surface area contributed by atoms with Gasteiger partial charge in [0.05, 0.1) is 18.8 Å². The lowest BCUT2D eigenvalue weighted by molar-refractivity contribution is -0.0435. The predicted molar refractivity (Wildman–Crippen MR) is 84.2 cm³/mol. The van der Waals surface area contributed by atoms with E-state index in [2.05, 4.69) is 13.8 Å². The molecule has 0 aliphatic carbocycles. The number of rotatable bonds is 13. The fourth-order valence-corrected chi connectivity index (χ4v) is 5.56. The van der Waals surface area contributed by atoms with E-state index in [9.17, 15) is 0 Å². The molecule has 0 spiro atoms. The molecule has 3 unspecified atom stereocenters. The molecule has 6 heteroatoms. The van der Waals surface area contributed by atoms with Crippen LogP contribution in [0.15, 0.2) is 0 Å². The Morgan fingerprint density at radius 2 is 1.57 bits per heavy atom. The third-order valence-electron chi connectivity index (χ3n) is 3.38. The normalized spacial score (nSPS) is 21.3. The highest BCUT2D eigenvalue weighted by atomic mass is 28.4. The van der Waals surface area contributed by atoms with E-state index in [1.54, 1.807) is 0 Å². The SMILES string of the molecule is CCCC(OC(C)CC1CO1)[Si](OCC)(OCC)OCC. The Morgan fingerprint density at radius 1 is 1.05 bits per heavy atom. The van der Waals surface area contributed by atoms with Crippen molar-refractivity contribution in [3.05, 3.63) is 0 Å². The second kappa shape index (κ2) is 9.92. The van der Waals surface area contributed by atoms with E-state index in [4.69, 9.17) is 22.8 Å². The molecule has 0 saturated carbocycles. The van der Waals surface area contributed by atoms with Gasteiger partial charge in [-0.15, -0.1) is 0 Å². The van der Waals surface area contributed by atoms with Gasteiger partial charge in [-0.3, -0.25) is 0 Å². The lowest BCUT2D eigenvalue weighted by Gasteiger charge is -2.36. The molecule has 5 nitrogen and oxygen atoms in total. The molecule has 3 atom stereocenters. The topological polar surface area (TPSA) is 49.5 Å². The van der Waals surface area contributed by atoms with Crippen LogP contribution >= 0.6 is 0 Å². The first-order valence-electron chi connectivity index (χ1n) is 8.30. The van der Waals surface area contributed by atoms with Gasteiger partial charge in [-0.25, -0.2) is 0 Å². The minimum absolute atomic E-state index is 0.101. The lowest BCUT2D eigenvalue weighted by atomic mass is 10.2. The standard InChI is InChI=1S/C15H32O5Si/c1-6-10-15(20-13(5)11-14-12-16-14)21(17-7-2,18-8-3)19-9-4/h13-15H,6-12H2,1-5H3. The third-order valence-corrected chi connectivity index (χ3v) is 6.66. The van der Waals surface area contributed by atoms with E-state index < -0.39 is 8.80 Å². The molecule has 1 fully saturated rings. The van der Waals surface area contributed by atoms with Gasteiger partial charge in [-0.05, 0) is 34.1 Å². The van der Waals surface area contributed by atoms with Crippen molar-refractivity contribution in [2.75, 3.05) is 26.4 Å². The molecule has 0 bridgehead atoms. The molecule has 1 aliphatic rings. The third kappa shape index (κ3) is 6.34. The number of hydrogen-bond donors (Lipinski definition) is 0. The Bertz CT molecular complexity index is 256. The van der Waals surface area contributed by atoms with Crippen LogP contribution in [0.3, 0.4) is 0 Å². The maximum atomic E-state index is 6.27. The van der Waals surface area contributed by atoms with Crippen LogP contribution < -0.4 is 0 Å². The van der Waals surface area contributed by atoms with E-state index in [0.29, 0.717) is 25.9 Å². The predicted octanol–water partition coefficient (Wildman–Crippen LogP) is 2.94. The van der Waals surface area contributed by atoms with Crippen molar-refractivity contribution >= 4 is 8.80 Å². The molecule has 21 heavy (non-hydrogen) atoms. The molecule has 1 saturated heterocycles. The first kappa shape index (κ1) is 19.1. The summed E-state index contributed by atoms with van der Waals surface area (Å²) < 4.78 is 29.5. The molecule has 0 aromatic heterocycles. The maximum absolute atomic E-state index is 6.27. The average molecular weight is 321 g/mol. The van der Waals surface area contributed by atoms with Crippen molar-refractivity contribution < 1.29 is 22.8 Å². The highest BCUT2D eigenvalue weighted by molar-refractivity contribution is 6.62. The van der Waals surface area contributed by atoms with Gasteiger partial charge in [0.25, 0.3) is 0 Å². The fourth-order valence-electron chi connectivity index (χ4n) is 2.51. The van der Waals surface area contributed by atoms with Gasteiger partial charge in [0.1, 0.15) is 5.73 Å². The number of epoxide rings is 1. The Balaban J connectivity index is 2.76. The smallest absolute Gasteiger partial charge is 0.373 e. The van der Waals surface area contributed by atoms with Crippen molar-refractivity contribution in [3.8, 4) is 0 Å². The van der Waals surface area contributed by atoms with E-state index in [-0.39, 0.29) is 11.8 Å². The summed E-state index contributed by atoms with van der Waals surface area (Å²) in [6, 6.07) is 0. The molecule has 126 valence electrons. The molecular formula is C15H32O5Si. The summed E-state index contributed by atoms with van der Waals surface area (Å²) in [6.07, 6.45) is 3.32. The maximum Gasteiger partial charge on any atom is 0.531 e. The van der Waals surface area contributed by atoms with E-state index >= 15 is 0 Å². The monoisotopic (exact) mass is 320 g/mol. The number of hydrogen-bond acceptors (Lipinski definition) is 5. The van der Waals surface area contributed by atoms with Gasteiger partial charge in [0.15, 0.2) is 0 Å². The van der Waals surface area contributed by atoms with Crippen LogP contribution in [-0.4, -0.2) is 53.2 Å². The quantitative estimate of drug-likeness (QED) is 0.386. The van der Waals surface area contributed by atoms with Crippen LogP contribution in [-0.2, 0) is 22.8 Å². The largest absolute Gasteiger partial charge is 0.531 e. The van der Waals surface area contributed by atoms with Crippen LogP contribution in [0.4, 0.5) is 0 Å². The zero-order valence-corrected chi connectivity index (χ0v) is 15.2. The molecule has 0 aromatic carbocycles. The Labute approximate surface area is 130 Å². The van der Waals surface area contributed by atoms with Crippen LogP contribution in [0.25, 0.3) is 0 Å². The minimum atomic E-state index is -2.80.